The van der Waals surface area contributed by atoms with Crippen LogP contribution in [0.1, 0.15) is 44.7 Å². The Morgan fingerprint density at radius 3 is 2.58 bits per heavy atom. The van der Waals surface area contributed by atoms with E-state index < -0.39 is 29.7 Å². The summed E-state index contributed by atoms with van der Waals surface area (Å²) in [6, 6.07) is 12.8. The van der Waals surface area contributed by atoms with Gasteiger partial charge in [0, 0.05) is 12.1 Å². The number of ether oxygens (including phenoxy) is 1. The SMILES string of the molecule is CCCCCN1C(=O)C(C(=O)OCC)C(c2ccccc2F)n2c1nc1ccccc12. The van der Waals surface area contributed by atoms with Crippen molar-refractivity contribution in [3.8, 4) is 0 Å². The van der Waals surface area contributed by atoms with Crippen molar-refractivity contribution in [2.45, 2.75) is 39.2 Å². The molecule has 1 aliphatic heterocycles. The van der Waals surface area contributed by atoms with Crippen LogP contribution in [0.2, 0.25) is 0 Å². The number of carbonyl (C=O) groups excluding carboxylic acids is 2. The van der Waals surface area contributed by atoms with Gasteiger partial charge in [-0.2, -0.15) is 0 Å². The predicted octanol–water partition coefficient (Wildman–Crippen LogP) is 4.48. The van der Waals surface area contributed by atoms with Crippen LogP contribution in [-0.2, 0) is 14.3 Å². The van der Waals surface area contributed by atoms with Crippen molar-refractivity contribution in [1.82, 2.24) is 9.55 Å². The van der Waals surface area contributed by atoms with E-state index in [9.17, 15) is 14.0 Å². The number of esters is 1. The minimum Gasteiger partial charge on any atom is -0.465 e. The number of benzene rings is 2. The lowest BCUT2D eigenvalue weighted by Gasteiger charge is -2.38. The van der Waals surface area contributed by atoms with Gasteiger partial charge in [-0.25, -0.2) is 9.37 Å². The van der Waals surface area contributed by atoms with Gasteiger partial charge in [0.1, 0.15) is 5.82 Å². The van der Waals surface area contributed by atoms with Gasteiger partial charge in [0.15, 0.2) is 5.92 Å². The third kappa shape index (κ3) is 3.69. The van der Waals surface area contributed by atoms with E-state index in [-0.39, 0.29) is 12.2 Å². The maximum Gasteiger partial charge on any atom is 0.321 e. The Bertz CT molecular complexity index is 1110. The summed E-state index contributed by atoms with van der Waals surface area (Å²) < 4.78 is 22.1. The summed E-state index contributed by atoms with van der Waals surface area (Å²) >= 11 is 0. The number of rotatable bonds is 7. The fraction of sp³-hybridized carbons (Fsp3) is 0.375. The Hall–Kier alpha value is -3.22. The molecule has 2 unspecified atom stereocenters. The molecule has 31 heavy (non-hydrogen) atoms. The first-order valence-corrected chi connectivity index (χ1v) is 10.8. The molecule has 0 saturated heterocycles. The third-order valence-electron chi connectivity index (χ3n) is 5.69. The second-order valence-corrected chi connectivity index (χ2v) is 7.66. The molecular weight excluding hydrogens is 397 g/mol. The molecule has 7 heteroatoms. The van der Waals surface area contributed by atoms with Crippen molar-refractivity contribution in [3.05, 3.63) is 59.9 Å². The Labute approximate surface area is 180 Å². The number of aromatic nitrogens is 2. The number of fused-ring (bicyclic) bond motifs is 3. The van der Waals surface area contributed by atoms with Gasteiger partial charge < -0.3 is 9.30 Å². The van der Waals surface area contributed by atoms with Gasteiger partial charge in [-0.1, -0.05) is 50.1 Å². The maximum absolute atomic E-state index is 15.0. The first-order valence-electron chi connectivity index (χ1n) is 10.8. The summed E-state index contributed by atoms with van der Waals surface area (Å²) in [5, 5.41) is 0. The number of unbranched alkanes of at least 4 members (excludes halogenated alkanes) is 2. The fourth-order valence-electron chi connectivity index (χ4n) is 4.27. The van der Waals surface area contributed by atoms with E-state index in [1.165, 1.54) is 6.07 Å². The minimum absolute atomic E-state index is 0.139. The molecule has 1 aromatic heterocycles. The molecular formula is C24H26FN3O3. The number of hydrogen-bond donors (Lipinski definition) is 0. The standard InChI is InChI=1S/C24H26FN3O3/c1-3-5-10-15-27-22(29)20(23(30)31-4-2)21(16-11-6-7-12-17(16)25)28-19-14-9-8-13-18(19)26-24(27)28/h6-9,11-14,20-21H,3-5,10,15H2,1-2H3. The highest BCUT2D eigenvalue weighted by atomic mass is 19.1. The highest BCUT2D eigenvalue weighted by Gasteiger charge is 2.48. The number of hydrogen-bond acceptors (Lipinski definition) is 4. The molecule has 0 radical (unpaired) electrons. The largest absolute Gasteiger partial charge is 0.465 e. The van der Waals surface area contributed by atoms with Crippen LogP contribution in [-0.4, -0.2) is 34.6 Å². The van der Waals surface area contributed by atoms with E-state index in [2.05, 4.69) is 6.92 Å². The first-order chi connectivity index (χ1) is 15.1. The second kappa shape index (κ2) is 8.88. The van der Waals surface area contributed by atoms with Crippen molar-refractivity contribution in [2.75, 3.05) is 18.1 Å². The summed E-state index contributed by atoms with van der Waals surface area (Å²) in [7, 11) is 0. The van der Waals surface area contributed by atoms with E-state index in [1.54, 1.807) is 30.0 Å². The number of anilines is 1. The molecule has 1 aliphatic rings. The number of para-hydroxylation sites is 2. The van der Waals surface area contributed by atoms with E-state index in [1.807, 2.05) is 28.8 Å². The Morgan fingerprint density at radius 2 is 1.84 bits per heavy atom. The molecule has 0 spiro atoms. The predicted molar refractivity (Wildman–Crippen MR) is 116 cm³/mol. The number of halogens is 1. The smallest absolute Gasteiger partial charge is 0.321 e. The first kappa shape index (κ1) is 21.0. The van der Waals surface area contributed by atoms with E-state index in [0.29, 0.717) is 18.0 Å². The summed E-state index contributed by atoms with van der Waals surface area (Å²) in [5.74, 6) is -2.27. The minimum atomic E-state index is -1.19. The number of carbonyl (C=O) groups is 2. The molecule has 0 bridgehead atoms. The van der Waals surface area contributed by atoms with Crippen LogP contribution < -0.4 is 4.90 Å². The maximum atomic E-state index is 15.0. The van der Waals surface area contributed by atoms with Crippen LogP contribution in [0.4, 0.5) is 10.3 Å². The Morgan fingerprint density at radius 1 is 1.10 bits per heavy atom. The van der Waals surface area contributed by atoms with Crippen LogP contribution in [0, 0.1) is 11.7 Å². The molecule has 3 aromatic rings. The number of imidazole rings is 1. The van der Waals surface area contributed by atoms with Gasteiger partial charge in [-0.05, 0) is 31.5 Å². The second-order valence-electron chi connectivity index (χ2n) is 7.66. The summed E-state index contributed by atoms with van der Waals surface area (Å²) in [6.07, 6.45) is 2.73. The molecule has 4 rings (SSSR count). The van der Waals surface area contributed by atoms with Crippen molar-refractivity contribution in [3.63, 3.8) is 0 Å². The average Bonchev–Trinajstić information content (AvgIpc) is 3.14. The van der Waals surface area contributed by atoms with Crippen molar-refractivity contribution in [1.29, 1.82) is 0 Å². The number of amides is 1. The molecule has 2 atom stereocenters. The molecule has 2 aromatic carbocycles. The molecule has 0 fully saturated rings. The molecule has 2 heterocycles. The van der Waals surface area contributed by atoms with Gasteiger partial charge in [0.05, 0.1) is 23.7 Å². The molecule has 1 amide bonds. The van der Waals surface area contributed by atoms with Gasteiger partial charge in [0.25, 0.3) is 0 Å². The molecule has 162 valence electrons. The fourth-order valence-corrected chi connectivity index (χ4v) is 4.27. The van der Waals surface area contributed by atoms with Gasteiger partial charge in [0.2, 0.25) is 11.9 Å². The van der Waals surface area contributed by atoms with E-state index >= 15 is 0 Å². The normalized spacial score (nSPS) is 18.3. The van der Waals surface area contributed by atoms with E-state index in [0.717, 1.165) is 24.8 Å². The van der Waals surface area contributed by atoms with Gasteiger partial charge in [-0.3, -0.25) is 14.5 Å². The quantitative estimate of drug-likeness (QED) is 0.319. The Balaban J connectivity index is 1.96. The lowest BCUT2D eigenvalue weighted by Crippen LogP contribution is -2.50. The van der Waals surface area contributed by atoms with Crippen LogP contribution >= 0.6 is 0 Å². The van der Waals surface area contributed by atoms with Crippen LogP contribution in [0.25, 0.3) is 11.0 Å². The number of nitrogens with zero attached hydrogens (tertiary/aromatic N) is 3. The van der Waals surface area contributed by atoms with Gasteiger partial charge >= 0.3 is 5.97 Å². The molecule has 0 saturated carbocycles. The summed E-state index contributed by atoms with van der Waals surface area (Å²) in [4.78, 5) is 32.9. The van der Waals surface area contributed by atoms with Crippen LogP contribution in [0.5, 0.6) is 0 Å². The lowest BCUT2D eigenvalue weighted by atomic mass is 9.89. The zero-order valence-corrected chi connectivity index (χ0v) is 17.8. The molecule has 0 aliphatic carbocycles. The van der Waals surface area contributed by atoms with Crippen molar-refractivity contribution in [2.24, 2.45) is 5.92 Å². The highest BCUT2D eigenvalue weighted by Crippen LogP contribution is 2.42. The third-order valence-corrected chi connectivity index (χ3v) is 5.69. The lowest BCUT2D eigenvalue weighted by molar-refractivity contribution is -0.153. The highest BCUT2D eigenvalue weighted by molar-refractivity contribution is 6.08. The summed E-state index contributed by atoms with van der Waals surface area (Å²) in [6.45, 7) is 4.36. The zero-order chi connectivity index (χ0) is 22.0. The van der Waals surface area contributed by atoms with Crippen LogP contribution in [0.15, 0.2) is 48.5 Å². The van der Waals surface area contributed by atoms with E-state index in [4.69, 9.17) is 9.72 Å². The molecule has 6 nitrogen and oxygen atoms in total. The van der Waals surface area contributed by atoms with Crippen LogP contribution in [0.3, 0.4) is 0 Å². The average molecular weight is 423 g/mol. The molecule has 0 N–H and O–H groups in total. The Kier molecular flexibility index (Phi) is 6.02. The van der Waals surface area contributed by atoms with Crippen molar-refractivity contribution >= 4 is 28.9 Å². The zero-order valence-electron chi connectivity index (χ0n) is 17.8. The van der Waals surface area contributed by atoms with Crippen molar-refractivity contribution < 1.29 is 18.7 Å². The van der Waals surface area contributed by atoms with Gasteiger partial charge in [-0.15, -0.1) is 0 Å². The summed E-state index contributed by atoms with van der Waals surface area (Å²) in [5.41, 5.74) is 1.70. The monoisotopic (exact) mass is 423 g/mol. The topological polar surface area (TPSA) is 64.4 Å².